The number of aliphatic hydroxyl groups excluding tert-OH is 1. The topological polar surface area (TPSA) is 59.0 Å². The maximum atomic E-state index is 11.9. The zero-order valence-corrected chi connectivity index (χ0v) is 10.7. The van der Waals surface area contributed by atoms with E-state index in [1.807, 2.05) is 20.8 Å². The summed E-state index contributed by atoms with van der Waals surface area (Å²) in [6.45, 7) is 6.80. The summed E-state index contributed by atoms with van der Waals surface area (Å²) in [6, 6.07) is 0. The van der Waals surface area contributed by atoms with Gasteiger partial charge in [-0.25, -0.2) is 4.79 Å². The summed E-state index contributed by atoms with van der Waals surface area (Å²) in [6.07, 6.45) is 0.569. The van der Waals surface area contributed by atoms with Gasteiger partial charge in [-0.05, 0) is 27.2 Å². The number of hydrogen-bond donors (Lipinski definition) is 1. The molecule has 17 heavy (non-hydrogen) atoms. The highest BCUT2D eigenvalue weighted by Crippen LogP contribution is 2.32. The van der Waals surface area contributed by atoms with Crippen molar-refractivity contribution >= 4 is 6.09 Å². The average molecular weight is 243 g/mol. The van der Waals surface area contributed by atoms with E-state index in [1.165, 1.54) is 0 Å². The Labute approximate surface area is 102 Å². The van der Waals surface area contributed by atoms with Gasteiger partial charge in [-0.3, -0.25) is 0 Å². The van der Waals surface area contributed by atoms with Gasteiger partial charge in [0.15, 0.2) is 0 Å². The number of amides is 1. The van der Waals surface area contributed by atoms with Gasteiger partial charge in [0.2, 0.25) is 0 Å². The number of likely N-dealkylation sites (tertiary alicyclic amines) is 1. The van der Waals surface area contributed by atoms with E-state index in [1.54, 1.807) is 4.90 Å². The van der Waals surface area contributed by atoms with E-state index < -0.39 is 5.60 Å². The molecule has 2 fully saturated rings. The van der Waals surface area contributed by atoms with Crippen LogP contribution >= 0.6 is 0 Å². The number of aliphatic hydroxyl groups is 1. The lowest BCUT2D eigenvalue weighted by Gasteiger charge is -2.34. The molecule has 1 amide bonds. The van der Waals surface area contributed by atoms with Gasteiger partial charge < -0.3 is 19.5 Å². The van der Waals surface area contributed by atoms with Gasteiger partial charge in [-0.1, -0.05) is 0 Å². The second kappa shape index (κ2) is 4.46. The first-order chi connectivity index (χ1) is 7.89. The van der Waals surface area contributed by atoms with Crippen molar-refractivity contribution in [3.8, 4) is 0 Å². The molecule has 5 nitrogen and oxygen atoms in total. The van der Waals surface area contributed by atoms with E-state index in [0.717, 1.165) is 6.42 Å². The first kappa shape index (κ1) is 12.6. The minimum Gasteiger partial charge on any atom is -0.444 e. The Morgan fingerprint density at radius 1 is 1.47 bits per heavy atom. The molecule has 0 aromatic rings. The highest BCUT2D eigenvalue weighted by Gasteiger charge is 2.43. The second-order valence-corrected chi connectivity index (χ2v) is 5.86. The van der Waals surface area contributed by atoms with Crippen molar-refractivity contribution in [3.05, 3.63) is 0 Å². The number of fused-ring (bicyclic) bond motifs is 2. The van der Waals surface area contributed by atoms with E-state index in [2.05, 4.69) is 0 Å². The zero-order valence-electron chi connectivity index (χ0n) is 10.7. The number of ether oxygens (including phenoxy) is 2. The van der Waals surface area contributed by atoms with Gasteiger partial charge in [-0.2, -0.15) is 0 Å². The molecule has 0 spiro atoms. The van der Waals surface area contributed by atoms with Crippen molar-refractivity contribution in [3.63, 3.8) is 0 Å². The van der Waals surface area contributed by atoms with E-state index in [4.69, 9.17) is 9.47 Å². The number of rotatable bonds is 1. The van der Waals surface area contributed by atoms with E-state index in [9.17, 15) is 9.90 Å². The normalized spacial score (nSPS) is 32.7. The van der Waals surface area contributed by atoms with Crippen LogP contribution in [0.4, 0.5) is 4.79 Å². The minimum absolute atomic E-state index is 0.0359. The predicted molar refractivity (Wildman–Crippen MR) is 61.7 cm³/mol. The minimum atomic E-state index is -0.467. The van der Waals surface area contributed by atoms with Gasteiger partial charge in [0.25, 0.3) is 0 Å². The van der Waals surface area contributed by atoms with E-state index in [0.29, 0.717) is 13.1 Å². The molecule has 0 radical (unpaired) electrons. The number of morpholine rings is 1. The van der Waals surface area contributed by atoms with Crippen LogP contribution in [-0.2, 0) is 9.47 Å². The number of carbonyl (C=O) groups is 1. The molecular weight excluding hydrogens is 222 g/mol. The molecule has 1 N–H and O–H groups in total. The van der Waals surface area contributed by atoms with Gasteiger partial charge in [-0.15, -0.1) is 0 Å². The Kier molecular flexibility index (Phi) is 3.32. The average Bonchev–Trinajstić information content (AvgIpc) is 2.50. The van der Waals surface area contributed by atoms with Crippen LogP contribution in [0.25, 0.3) is 0 Å². The van der Waals surface area contributed by atoms with Crippen molar-refractivity contribution in [1.29, 1.82) is 0 Å². The Morgan fingerprint density at radius 2 is 2.18 bits per heavy atom. The van der Waals surface area contributed by atoms with Crippen molar-refractivity contribution in [2.75, 3.05) is 19.7 Å². The molecule has 2 aliphatic rings. The molecule has 0 unspecified atom stereocenters. The van der Waals surface area contributed by atoms with Crippen LogP contribution in [-0.4, -0.2) is 53.6 Å². The fourth-order valence-corrected chi connectivity index (χ4v) is 2.42. The molecule has 5 heteroatoms. The third-order valence-electron chi connectivity index (χ3n) is 3.17. The van der Waals surface area contributed by atoms with Crippen LogP contribution in [0.15, 0.2) is 0 Å². The summed E-state index contributed by atoms with van der Waals surface area (Å²) in [4.78, 5) is 13.6. The molecule has 0 saturated carbocycles. The van der Waals surface area contributed by atoms with Crippen LogP contribution in [0.5, 0.6) is 0 Å². The molecule has 2 aliphatic heterocycles. The van der Waals surface area contributed by atoms with Crippen LogP contribution in [0.2, 0.25) is 0 Å². The standard InChI is InChI=1S/C12H21NO4/c1-12(2,3)17-11(15)13-5-9-4-8(7-14)10(6-13)16-9/h8-10,14H,4-7H2,1-3H3/t8-,9-,10-/m0/s1. The van der Waals surface area contributed by atoms with E-state index in [-0.39, 0.29) is 30.8 Å². The van der Waals surface area contributed by atoms with Gasteiger partial charge >= 0.3 is 6.09 Å². The molecular formula is C12H21NO4. The fourth-order valence-electron chi connectivity index (χ4n) is 2.42. The highest BCUT2D eigenvalue weighted by atomic mass is 16.6. The first-order valence-corrected chi connectivity index (χ1v) is 6.13. The summed E-state index contributed by atoms with van der Waals surface area (Å²) in [5.74, 6) is 0.160. The van der Waals surface area contributed by atoms with Crippen LogP contribution < -0.4 is 0 Å². The summed E-state index contributed by atoms with van der Waals surface area (Å²) < 4.78 is 11.0. The molecule has 2 heterocycles. The number of hydrogen-bond acceptors (Lipinski definition) is 4. The summed E-state index contributed by atoms with van der Waals surface area (Å²) >= 11 is 0. The largest absolute Gasteiger partial charge is 0.444 e. The van der Waals surface area contributed by atoms with Crippen LogP contribution in [0.1, 0.15) is 27.2 Å². The third-order valence-corrected chi connectivity index (χ3v) is 3.17. The maximum Gasteiger partial charge on any atom is 0.410 e. The molecule has 0 aliphatic carbocycles. The Morgan fingerprint density at radius 3 is 2.76 bits per heavy atom. The lowest BCUT2D eigenvalue weighted by molar-refractivity contribution is -0.0578. The third kappa shape index (κ3) is 2.90. The monoisotopic (exact) mass is 243 g/mol. The number of carbonyl (C=O) groups excluding carboxylic acids is 1. The molecule has 2 saturated heterocycles. The summed E-state index contributed by atoms with van der Waals surface area (Å²) in [5, 5.41) is 9.21. The number of nitrogens with zero attached hydrogens (tertiary/aromatic N) is 1. The lowest BCUT2D eigenvalue weighted by atomic mass is 10.0. The van der Waals surface area contributed by atoms with Crippen molar-refractivity contribution in [2.45, 2.75) is 45.0 Å². The SMILES string of the molecule is CC(C)(C)OC(=O)N1C[C@@H]2C[C@@H](CO)[C@H](C1)O2. The molecule has 98 valence electrons. The summed E-state index contributed by atoms with van der Waals surface area (Å²) in [7, 11) is 0. The maximum absolute atomic E-state index is 11.9. The Hall–Kier alpha value is -0.810. The van der Waals surface area contributed by atoms with E-state index >= 15 is 0 Å². The highest BCUT2D eigenvalue weighted by molar-refractivity contribution is 5.68. The van der Waals surface area contributed by atoms with Crippen LogP contribution in [0.3, 0.4) is 0 Å². The predicted octanol–water partition coefficient (Wildman–Crippen LogP) is 1.00. The van der Waals surface area contributed by atoms with Crippen LogP contribution in [0, 0.1) is 5.92 Å². The Bertz CT molecular complexity index is 299. The molecule has 3 atom stereocenters. The van der Waals surface area contributed by atoms with Crippen molar-refractivity contribution < 1.29 is 19.4 Å². The second-order valence-electron chi connectivity index (χ2n) is 5.86. The van der Waals surface area contributed by atoms with Gasteiger partial charge in [0.1, 0.15) is 5.60 Å². The van der Waals surface area contributed by atoms with Crippen molar-refractivity contribution in [1.82, 2.24) is 4.90 Å². The molecule has 2 bridgehead atoms. The molecule has 0 aromatic carbocycles. The van der Waals surface area contributed by atoms with Gasteiger partial charge in [0, 0.05) is 12.5 Å². The van der Waals surface area contributed by atoms with Crippen molar-refractivity contribution in [2.24, 2.45) is 5.92 Å². The lowest BCUT2D eigenvalue weighted by Crippen LogP contribution is -2.48. The zero-order chi connectivity index (χ0) is 12.6. The quantitative estimate of drug-likeness (QED) is 0.746. The smallest absolute Gasteiger partial charge is 0.410 e. The molecule has 2 rings (SSSR count). The Balaban J connectivity index is 1.95. The molecule has 0 aromatic heterocycles. The van der Waals surface area contributed by atoms with Gasteiger partial charge in [0.05, 0.1) is 25.3 Å². The fraction of sp³-hybridized carbons (Fsp3) is 0.917. The first-order valence-electron chi connectivity index (χ1n) is 6.13. The summed E-state index contributed by atoms with van der Waals surface area (Å²) in [5.41, 5.74) is -0.467.